The normalized spacial score (nSPS) is 27.4. The molecule has 2 aliphatic heterocycles. The standard InChI is InChI=1S/C10H12N2O5/c1-16-9(15)10-5-3-7(13)11(10)6-4-8(14)12(10)17-2/h4,6H,3,5H2,1-2H3/t10-/m0/s1. The summed E-state index contributed by atoms with van der Waals surface area (Å²) in [6.07, 6.45) is 2.78. The van der Waals surface area contributed by atoms with Gasteiger partial charge in [-0.3, -0.25) is 19.3 Å². The minimum absolute atomic E-state index is 0.155. The predicted octanol–water partition coefficient (Wildman–Crippen LogP) is -0.605. The first-order chi connectivity index (χ1) is 8.07. The van der Waals surface area contributed by atoms with E-state index >= 15 is 0 Å². The van der Waals surface area contributed by atoms with E-state index < -0.39 is 17.5 Å². The number of hydrogen-bond acceptors (Lipinski definition) is 5. The number of methoxy groups -OCH3 is 1. The average molecular weight is 240 g/mol. The SMILES string of the molecule is COC(=O)[C@@]12CCC(=O)N1C=CC(=O)N2OC. The number of amides is 2. The molecule has 0 saturated carbocycles. The highest BCUT2D eigenvalue weighted by atomic mass is 16.7. The van der Waals surface area contributed by atoms with Gasteiger partial charge in [0.15, 0.2) is 0 Å². The summed E-state index contributed by atoms with van der Waals surface area (Å²) >= 11 is 0. The number of carbonyl (C=O) groups excluding carboxylic acids is 3. The van der Waals surface area contributed by atoms with E-state index in [2.05, 4.69) is 4.74 Å². The minimum Gasteiger partial charge on any atom is -0.466 e. The third-order valence-corrected chi connectivity index (χ3v) is 2.95. The maximum Gasteiger partial charge on any atom is 0.355 e. The third-order valence-electron chi connectivity index (χ3n) is 2.95. The summed E-state index contributed by atoms with van der Waals surface area (Å²) in [6, 6.07) is 0. The van der Waals surface area contributed by atoms with Crippen LogP contribution in [0.1, 0.15) is 12.8 Å². The van der Waals surface area contributed by atoms with Crippen LogP contribution in [0.5, 0.6) is 0 Å². The van der Waals surface area contributed by atoms with Gasteiger partial charge in [0.2, 0.25) is 11.6 Å². The number of nitrogens with zero attached hydrogens (tertiary/aromatic N) is 2. The minimum atomic E-state index is -1.49. The van der Waals surface area contributed by atoms with Crippen molar-refractivity contribution in [2.75, 3.05) is 14.2 Å². The zero-order valence-corrected chi connectivity index (χ0v) is 9.50. The van der Waals surface area contributed by atoms with E-state index in [1.54, 1.807) is 0 Å². The Morgan fingerprint density at radius 3 is 2.71 bits per heavy atom. The van der Waals surface area contributed by atoms with Crippen LogP contribution < -0.4 is 0 Å². The number of carbonyl (C=O) groups is 3. The molecule has 1 fully saturated rings. The highest BCUT2D eigenvalue weighted by Gasteiger charge is 2.59. The first kappa shape index (κ1) is 11.6. The van der Waals surface area contributed by atoms with Crippen molar-refractivity contribution in [3.05, 3.63) is 12.3 Å². The van der Waals surface area contributed by atoms with Crippen LogP contribution in [0.3, 0.4) is 0 Å². The molecule has 7 nitrogen and oxygen atoms in total. The summed E-state index contributed by atoms with van der Waals surface area (Å²) in [5.74, 6) is -1.44. The Hall–Kier alpha value is -1.89. The molecule has 0 aromatic carbocycles. The van der Waals surface area contributed by atoms with E-state index in [4.69, 9.17) is 4.84 Å². The summed E-state index contributed by atoms with van der Waals surface area (Å²) in [5, 5.41) is 0.879. The fourth-order valence-electron chi connectivity index (χ4n) is 2.21. The average Bonchev–Trinajstić information content (AvgIpc) is 2.67. The maximum atomic E-state index is 11.9. The Morgan fingerprint density at radius 1 is 1.41 bits per heavy atom. The highest BCUT2D eigenvalue weighted by Crippen LogP contribution is 2.37. The quantitative estimate of drug-likeness (QED) is 0.602. The van der Waals surface area contributed by atoms with Crippen molar-refractivity contribution in [3.8, 4) is 0 Å². The van der Waals surface area contributed by atoms with Crippen molar-refractivity contribution in [3.63, 3.8) is 0 Å². The van der Waals surface area contributed by atoms with Crippen LogP contribution in [-0.2, 0) is 24.0 Å². The molecule has 0 N–H and O–H groups in total. The van der Waals surface area contributed by atoms with Crippen LogP contribution in [0, 0.1) is 0 Å². The number of fused-ring (bicyclic) bond motifs is 1. The molecule has 0 spiro atoms. The Kier molecular flexibility index (Phi) is 2.62. The second-order valence-corrected chi connectivity index (χ2v) is 3.70. The van der Waals surface area contributed by atoms with Gasteiger partial charge in [0, 0.05) is 25.1 Å². The number of esters is 1. The molecule has 0 aliphatic carbocycles. The number of hydrogen-bond donors (Lipinski definition) is 0. The third kappa shape index (κ3) is 1.35. The molecule has 0 aromatic rings. The largest absolute Gasteiger partial charge is 0.466 e. The van der Waals surface area contributed by atoms with E-state index in [0.717, 1.165) is 5.06 Å². The smallest absolute Gasteiger partial charge is 0.355 e. The van der Waals surface area contributed by atoms with Crippen LogP contribution in [0.25, 0.3) is 0 Å². The zero-order valence-electron chi connectivity index (χ0n) is 9.50. The molecule has 2 heterocycles. The van der Waals surface area contributed by atoms with E-state index in [9.17, 15) is 14.4 Å². The van der Waals surface area contributed by atoms with Crippen LogP contribution in [0.15, 0.2) is 12.3 Å². The molecule has 0 bridgehead atoms. The van der Waals surface area contributed by atoms with E-state index in [-0.39, 0.29) is 18.7 Å². The van der Waals surface area contributed by atoms with Gasteiger partial charge in [-0.25, -0.2) is 4.79 Å². The highest BCUT2D eigenvalue weighted by molar-refractivity contribution is 6.00. The Morgan fingerprint density at radius 2 is 2.12 bits per heavy atom. The van der Waals surface area contributed by atoms with Gasteiger partial charge in [-0.15, -0.1) is 0 Å². The van der Waals surface area contributed by atoms with Crippen molar-refractivity contribution >= 4 is 17.8 Å². The Labute approximate surface area is 97.5 Å². The summed E-state index contributed by atoms with van der Waals surface area (Å²) in [5.41, 5.74) is -1.49. The predicted molar refractivity (Wildman–Crippen MR) is 53.8 cm³/mol. The summed E-state index contributed by atoms with van der Waals surface area (Å²) in [7, 11) is 2.47. The topological polar surface area (TPSA) is 76.2 Å². The summed E-state index contributed by atoms with van der Waals surface area (Å²) in [4.78, 5) is 41.4. The van der Waals surface area contributed by atoms with Crippen molar-refractivity contribution in [1.82, 2.24) is 9.96 Å². The van der Waals surface area contributed by atoms with Gasteiger partial charge in [-0.05, 0) is 0 Å². The lowest BCUT2D eigenvalue weighted by Crippen LogP contribution is -2.65. The summed E-state index contributed by atoms with van der Waals surface area (Å²) in [6.45, 7) is 0. The van der Waals surface area contributed by atoms with Gasteiger partial charge in [0.1, 0.15) is 0 Å². The van der Waals surface area contributed by atoms with E-state index in [0.29, 0.717) is 0 Å². The molecule has 17 heavy (non-hydrogen) atoms. The molecule has 0 aromatic heterocycles. The van der Waals surface area contributed by atoms with Crippen molar-refractivity contribution in [2.24, 2.45) is 0 Å². The van der Waals surface area contributed by atoms with Gasteiger partial charge < -0.3 is 4.74 Å². The van der Waals surface area contributed by atoms with Gasteiger partial charge in [-0.2, -0.15) is 5.06 Å². The van der Waals surface area contributed by atoms with Gasteiger partial charge >= 0.3 is 5.97 Å². The lowest BCUT2D eigenvalue weighted by atomic mass is 10.1. The maximum absolute atomic E-state index is 11.9. The lowest BCUT2D eigenvalue weighted by molar-refractivity contribution is -0.236. The fraction of sp³-hybridized carbons (Fsp3) is 0.500. The molecule has 0 unspecified atom stereocenters. The van der Waals surface area contributed by atoms with Crippen LogP contribution in [-0.4, -0.2) is 47.6 Å². The molecular formula is C10H12N2O5. The fourth-order valence-corrected chi connectivity index (χ4v) is 2.21. The van der Waals surface area contributed by atoms with E-state index in [1.165, 1.54) is 31.4 Å². The molecular weight excluding hydrogens is 228 g/mol. The first-order valence-electron chi connectivity index (χ1n) is 5.05. The molecule has 7 heteroatoms. The second kappa shape index (κ2) is 3.85. The van der Waals surface area contributed by atoms with Crippen molar-refractivity contribution < 1.29 is 24.0 Å². The molecule has 2 amide bonds. The van der Waals surface area contributed by atoms with Crippen LogP contribution in [0.2, 0.25) is 0 Å². The van der Waals surface area contributed by atoms with Gasteiger partial charge in [0.25, 0.3) is 5.91 Å². The molecule has 2 rings (SSSR count). The van der Waals surface area contributed by atoms with Gasteiger partial charge in [-0.1, -0.05) is 0 Å². The van der Waals surface area contributed by atoms with Crippen molar-refractivity contribution in [1.29, 1.82) is 0 Å². The molecule has 1 atom stereocenters. The van der Waals surface area contributed by atoms with Crippen LogP contribution >= 0.6 is 0 Å². The monoisotopic (exact) mass is 240 g/mol. The molecule has 0 radical (unpaired) electrons. The molecule has 92 valence electrons. The van der Waals surface area contributed by atoms with Crippen LogP contribution in [0.4, 0.5) is 0 Å². The second-order valence-electron chi connectivity index (χ2n) is 3.70. The Bertz CT molecular complexity index is 419. The summed E-state index contributed by atoms with van der Waals surface area (Å²) < 4.78 is 4.68. The Balaban J connectivity index is 2.54. The molecule has 1 saturated heterocycles. The number of ether oxygens (including phenoxy) is 1. The lowest BCUT2D eigenvalue weighted by Gasteiger charge is -2.42. The molecule has 2 aliphatic rings. The first-order valence-corrected chi connectivity index (χ1v) is 5.05. The van der Waals surface area contributed by atoms with E-state index in [1.807, 2.05) is 0 Å². The van der Waals surface area contributed by atoms with Crippen molar-refractivity contribution in [2.45, 2.75) is 18.5 Å². The number of rotatable bonds is 2. The zero-order chi connectivity index (χ0) is 12.6. The number of hydroxylamine groups is 2. The van der Waals surface area contributed by atoms with Gasteiger partial charge in [0.05, 0.1) is 14.2 Å².